The molecule has 2 atom stereocenters. The van der Waals surface area contributed by atoms with Gasteiger partial charge in [0.05, 0.1) is 22.8 Å². The number of halogens is 2. The molecule has 2 saturated heterocycles. The summed E-state index contributed by atoms with van der Waals surface area (Å²) in [5.41, 5.74) is -0.341. The van der Waals surface area contributed by atoms with Crippen LogP contribution in [0.2, 0.25) is 10.0 Å². The van der Waals surface area contributed by atoms with Gasteiger partial charge in [0, 0.05) is 18.7 Å². The van der Waals surface area contributed by atoms with E-state index in [1.165, 1.54) is 0 Å². The summed E-state index contributed by atoms with van der Waals surface area (Å²) in [5.74, 6) is 0.126. The molecule has 164 valence electrons. The molecule has 0 bridgehead atoms. The lowest BCUT2D eigenvalue weighted by Crippen LogP contribution is -2.57. The van der Waals surface area contributed by atoms with Crippen molar-refractivity contribution in [3.63, 3.8) is 0 Å². The maximum Gasteiger partial charge on any atom is 0.256 e. The van der Waals surface area contributed by atoms with Gasteiger partial charge < -0.3 is 14.8 Å². The summed E-state index contributed by atoms with van der Waals surface area (Å²) in [7, 11) is 0. The van der Waals surface area contributed by atoms with E-state index in [1.54, 1.807) is 23.1 Å². The zero-order valence-electron chi connectivity index (χ0n) is 17.2. The summed E-state index contributed by atoms with van der Waals surface area (Å²) in [4.78, 5) is 28.3. The molecule has 4 rings (SSSR count). The lowest BCUT2D eigenvalue weighted by molar-refractivity contribution is -0.128. The van der Waals surface area contributed by atoms with Crippen LogP contribution in [0.4, 0.5) is 0 Å². The van der Waals surface area contributed by atoms with Gasteiger partial charge >= 0.3 is 0 Å². The van der Waals surface area contributed by atoms with E-state index in [0.29, 0.717) is 28.1 Å². The van der Waals surface area contributed by atoms with Gasteiger partial charge in [-0.3, -0.25) is 14.5 Å². The van der Waals surface area contributed by atoms with Gasteiger partial charge in [-0.2, -0.15) is 0 Å². The Morgan fingerprint density at radius 1 is 1.20 bits per heavy atom. The highest BCUT2D eigenvalue weighted by Gasteiger charge is 2.53. The zero-order chi connectivity index (χ0) is 21.3. The summed E-state index contributed by atoms with van der Waals surface area (Å²) in [6.45, 7) is 3.59. The van der Waals surface area contributed by atoms with Crippen molar-refractivity contribution in [3.8, 4) is 0 Å². The predicted molar refractivity (Wildman–Crippen MR) is 115 cm³/mol. The molecule has 1 aromatic rings. The topological polar surface area (TPSA) is 67.9 Å². The van der Waals surface area contributed by atoms with E-state index in [-0.39, 0.29) is 24.5 Å². The first-order chi connectivity index (χ1) is 14.4. The van der Waals surface area contributed by atoms with Crippen LogP contribution < -0.4 is 5.32 Å². The first-order valence-corrected chi connectivity index (χ1v) is 11.5. The monoisotopic (exact) mass is 454 g/mol. The van der Waals surface area contributed by atoms with E-state index >= 15 is 0 Å². The highest BCUT2D eigenvalue weighted by molar-refractivity contribution is 6.42. The minimum Gasteiger partial charge on any atom is -0.376 e. The van der Waals surface area contributed by atoms with Gasteiger partial charge in [-0.15, -0.1) is 0 Å². The fourth-order valence-electron chi connectivity index (χ4n) is 4.69. The number of ether oxygens (including phenoxy) is 2. The Kier molecular flexibility index (Phi) is 6.58. The number of carbonyl (C=O) groups is 2. The van der Waals surface area contributed by atoms with Crippen LogP contribution in [-0.2, 0) is 14.3 Å². The molecule has 6 nitrogen and oxygen atoms in total. The van der Waals surface area contributed by atoms with Crippen molar-refractivity contribution < 1.29 is 19.1 Å². The largest absolute Gasteiger partial charge is 0.376 e. The second kappa shape index (κ2) is 9.03. The Hall–Kier alpha value is -1.34. The average molecular weight is 455 g/mol. The van der Waals surface area contributed by atoms with Crippen LogP contribution in [0.25, 0.3) is 0 Å². The smallest absolute Gasteiger partial charge is 0.256 e. The fourth-order valence-corrected chi connectivity index (χ4v) is 4.98. The van der Waals surface area contributed by atoms with Crippen molar-refractivity contribution in [1.82, 2.24) is 10.2 Å². The molecule has 8 heteroatoms. The summed E-state index contributed by atoms with van der Waals surface area (Å²) in [6, 6.07) is 4.14. The molecule has 3 aliphatic rings. The average Bonchev–Trinajstić information content (AvgIpc) is 3.38. The minimum atomic E-state index is -0.748. The molecule has 2 heterocycles. The summed E-state index contributed by atoms with van der Waals surface area (Å²) in [6.07, 6.45) is 5.34. The Bertz CT molecular complexity index is 804. The van der Waals surface area contributed by atoms with Crippen LogP contribution in [0, 0.1) is 5.92 Å². The number of nitrogens with one attached hydrogen (secondary N) is 1. The van der Waals surface area contributed by atoms with Crippen molar-refractivity contribution in [1.29, 1.82) is 0 Å². The van der Waals surface area contributed by atoms with Crippen molar-refractivity contribution >= 4 is 35.0 Å². The molecule has 1 aliphatic carbocycles. The summed E-state index contributed by atoms with van der Waals surface area (Å²) >= 11 is 12.2. The number of hydrogen-bond donors (Lipinski definition) is 1. The second-order valence-corrected chi connectivity index (χ2v) is 9.45. The van der Waals surface area contributed by atoms with Gasteiger partial charge in [0.15, 0.2) is 0 Å². The van der Waals surface area contributed by atoms with E-state index in [0.717, 1.165) is 45.1 Å². The Morgan fingerprint density at radius 3 is 2.63 bits per heavy atom. The van der Waals surface area contributed by atoms with E-state index in [1.807, 2.05) is 0 Å². The molecule has 2 amide bonds. The first kappa shape index (κ1) is 21.9. The molecule has 2 aliphatic heterocycles. The number of rotatable bonds is 4. The molecule has 30 heavy (non-hydrogen) atoms. The molecular weight excluding hydrogens is 427 g/mol. The summed E-state index contributed by atoms with van der Waals surface area (Å²) < 4.78 is 11.8. The van der Waals surface area contributed by atoms with E-state index in [4.69, 9.17) is 32.7 Å². The summed E-state index contributed by atoms with van der Waals surface area (Å²) in [5, 5.41) is 3.67. The van der Waals surface area contributed by atoms with Gasteiger partial charge in [0.2, 0.25) is 5.91 Å². The third-order valence-electron chi connectivity index (χ3n) is 6.53. The van der Waals surface area contributed by atoms with Crippen LogP contribution in [-0.4, -0.2) is 54.3 Å². The molecule has 0 radical (unpaired) electrons. The number of nitrogens with zero attached hydrogens (tertiary/aromatic N) is 1. The zero-order valence-corrected chi connectivity index (χ0v) is 18.7. The van der Waals surface area contributed by atoms with E-state index < -0.39 is 11.8 Å². The Balaban J connectivity index is 1.57. The maximum absolute atomic E-state index is 13.6. The Morgan fingerprint density at radius 2 is 1.97 bits per heavy atom. The molecule has 1 N–H and O–H groups in total. The standard InChI is InChI=1S/C22H28Cl2N2O4/c1-14-6-8-22(9-7-14)26(21(28)15-4-5-17(23)18(24)11-15)19(13-30-22)20(27)25-12-16-3-2-10-29-16/h4-5,11,14,16,19H,2-3,6-10,12-13H2,1H3,(H,25,27). The molecule has 1 saturated carbocycles. The van der Waals surface area contributed by atoms with Crippen molar-refractivity contribution in [2.75, 3.05) is 19.8 Å². The van der Waals surface area contributed by atoms with Crippen molar-refractivity contribution in [3.05, 3.63) is 33.8 Å². The third kappa shape index (κ3) is 4.33. The van der Waals surface area contributed by atoms with Crippen LogP contribution in [0.3, 0.4) is 0 Å². The van der Waals surface area contributed by atoms with Gasteiger partial charge in [-0.25, -0.2) is 0 Å². The lowest BCUT2D eigenvalue weighted by Gasteiger charge is -2.43. The predicted octanol–water partition coefficient (Wildman–Crippen LogP) is 4.04. The van der Waals surface area contributed by atoms with E-state index in [2.05, 4.69) is 12.2 Å². The molecule has 1 aromatic carbocycles. The number of hydrogen-bond acceptors (Lipinski definition) is 4. The molecule has 1 spiro atoms. The quantitative estimate of drug-likeness (QED) is 0.745. The lowest BCUT2D eigenvalue weighted by atomic mass is 9.83. The highest BCUT2D eigenvalue weighted by atomic mass is 35.5. The number of benzene rings is 1. The van der Waals surface area contributed by atoms with Crippen LogP contribution >= 0.6 is 23.2 Å². The van der Waals surface area contributed by atoms with Crippen molar-refractivity contribution in [2.24, 2.45) is 5.92 Å². The molecule has 3 fully saturated rings. The first-order valence-electron chi connectivity index (χ1n) is 10.7. The SMILES string of the molecule is CC1CCC2(CC1)OCC(C(=O)NCC1CCCO1)N2C(=O)c1ccc(Cl)c(Cl)c1. The van der Waals surface area contributed by atoms with Gasteiger partial charge in [0.25, 0.3) is 5.91 Å². The van der Waals surface area contributed by atoms with E-state index in [9.17, 15) is 9.59 Å². The molecule has 0 aromatic heterocycles. The van der Waals surface area contributed by atoms with Crippen LogP contribution in [0.1, 0.15) is 55.8 Å². The van der Waals surface area contributed by atoms with Gasteiger partial charge in [0.1, 0.15) is 11.8 Å². The number of amides is 2. The maximum atomic E-state index is 13.6. The fraction of sp³-hybridized carbons (Fsp3) is 0.636. The van der Waals surface area contributed by atoms with Gasteiger partial charge in [-0.1, -0.05) is 30.1 Å². The van der Waals surface area contributed by atoms with Crippen LogP contribution in [0.5, 0.6) is 0 Å². The van der Waals surface area contributed by atoms with Gasteiger partial charge in [-0.05, 0) is 62.6 Å². The Labute approximate surface area is 187 Å². The molecular formula is C22H28Cl2N2O4. The van der Waals surface area contributed by atoms with Crippen LogP contribution in [0.15, 0.2) is 18.2 Å². The highest BCUT2D eigenvalue weighted by Crippen LogP contribution is 2.43. The molecule has 2 unspecified atom stereocenters. The number of carbonyl (C=O) groups excluding carboxylic acids is 2. The van der Waals surface area contributed by atoms with Crippen molar-refractivity contribution in [2.45, 2.75) is 63.3 Å². The third-order valence-corrected chi connectivity index (χ3v) is 7.27. The normalized spacial score (nSPS) is 31.3. The minimum absolute atomic E-state index is 0.0417. The second-order valence-electron chi connectivity index (χ2n) is 8.64.